The molecule has 224 valence electrons. The summed E-state index contributed by atoms with van der Waals surface area (Å²) in [6, 6.07) is 0. The van der Waals surface area contributed by atoms with Gasteiger partial charge in [-0.3, -0.25) is 0 Å². The number of nitrogens with one attached hydrogen (secondary N) is 1. The number of allylic oxidation sites excluding steroid dienone is 5. The van der Waals surface area contributed by atoms with Crippen molar-refractivity contribution in [2.75, 3.05) is 19.5 Å². The molecule has 1 aliphatic carbocycles. The summed E-state index contributed by atoms with van der Waals surface area (Å²) in [7, 11) is 1.00. The molecule has 1 fully saturated rings. The first-order valence-corrected chi connectivity index (χ1v) is 15.8. The Morgan fingerprint density at radius 1 is 1.05 bits per heavy atom. The van der Waals surface area contributed by atoms with Crippen LogP contribution in [0, 0.1) is 17.8 Å². The number of aliphatic hydroxyl groups is 3. The molecule has 4 atom stereocenters. The van der Waals surface area contributed by atoms with Crippen molar-refractivity contribution in [3.8, 4) is 0 Å². The number of thiol groups is 1. The highest BCUT2D eigenvalue weighted by Gasteiger charge is 2.15. The largest absolute Gasteiger partial charge is 0.400 e. The zero-order valence-electron chi connectivity index (χ0n) is 25.5. The van der Waals surface area contributed by atoms with Gasteiger partial charge >= 0.3 is 0 Å². The molecule has 4 unspecified atom stereocenters. The smallest absolute Gasteiger partial charge is 0.0742 e. The van der Waals surface area contributed by atoms with Gasteiger partial charge in [-0.1, -0.05) is 90.0 Å². The van der Waals surface area contributed by atoms with Crippen LogP contribution in [0.1, 0.15) is 112 Å². The van der Waals surface area contributed by atoms with Gasteiger partial charge in [0.15, 0.2) is 0 Å². The average molecular weight is 574 g/mol. The maximum atomic E-state index is 9.96. The minimum atomic E-state index is -0.492. The van der Waals surface area contributed by atoms with Gasteiger partial charge in [0, 0.05) is 31.1 Å². The minimum absolute atomic E-state index is 0.154. The first-order chi connectivity index (χ1) is 18.2. The van der Waals surface area contributed by atoms with E-state index in [1.54, 1.807) is 13.1 Å². The fraction of sp³-hybridized carbons (Fsp3) is 0.750. The van der Waals surface area contributed by atoms with Crippen molar-refractivity contribution in [1.29, 1.82) is 0 Å². The maximum Gasteiger partial charge on any atom is 0.0742 e. The monoisotopic (exact) mass is 573 g/mol. The molecule has 0 saturated heterocycles. The molecule has 0 bridgehead atoms. The quantitative estimate of drug-likeness (QED) is 0.141. The molecule has 38 heavy (non-hydrogen) atoms. The maximum absolute atomic E-state index is 9.96. The van der Waals surface area contributed by atoms with Gasteiger partial charge in [0.05, 0.1) is 6.10 Å². The standard InChI is InChI=1S/C18H28ClNO2.C8H16.C5H12S.CH4O/c1-4-13(2)16-10-15(6-5-9-21)18(19)7-8-20-12-17(11-16)14(3)22;1-7-4-3-5-8(2)6-7;1-2-3-4-5-6;1-2/h7-8,10,12-14,20-22H,4-6,9,11H2,1-3H3;7-8H,3-6H2,1-2H3;6H,2-5H2,1H3;2H,1H3/b8-7+,16-10-,17-12+,18-15+;;;. The van der Waals surface area contributed by atoms with E-state index in [-0.39, 0.29) is 6.61 Å². The summed E-state index contributed by atoms with van der Waals surface area (Å²) in [5.41, 5.74) is 3.25. The van der Waals surface area contributed by atoms with Crippen molar-refractivity contribution in [3.05, 3.63) is 46.3 Å². The molecule has 0 aromatic heterocycles. The number of rotatable bonds is 9. The van der Waals surface area contributed by atoms with E-state index in [9.17, 15) is 5.11 Å². The van der Waals surface area contributed by atoms with E-state index in [0.29, 0.717) is 17.4 Å². The van der Waals surface area contributed by atoms with Gasteiger partial charge in [0.2, 0.25) is 0 Å². The van der Waals surface area contributed by atoms with Crippen LogP contribution in [0.4, 0.5) is 0 Å². The van der Waals surface area contributed by atoms with E-state index < -0.39 is 6.10 Å². The molecule has 1 heterocycles. The summed E-state index contributed by atoms with van der Waals surface area (Å²) in [4.78, 5) is 0. The van der Waals surface area contributed by atoms with Crippen LogP contribution in [0.25, 0.3) is 0 Å². The van der Waals surface area contributed by atoms with Gasteiger partial charge < -0.3 is 20.6 Å². The third kappa shape index (κ3) is 20.2. The van der Waals surface area contributed by atoms with Crippen LogP contribution in [0.2, 0.25) is 0 Å². The highest BCUT2D eigenvalue weighted by molar-refractivity contribution is 7.80. The van der Waals surface area contributed by atoms with Crippen LogP contribution in [0.3, 0.4) is 0 Å². The van der Waals surface area contributed by atoms with Crippen LogP contribution in [-0.2, 0) is 0 Å². The second-order valence-electron chi connectivity index (χ2n) is 10.6. The van der Waals surface area contributed by atoms with Crippen LogP contribution >= 0.6 is 24.2 Å². The Bertz CT molecular complexity index is 676. The van der Waals surface area contributed by atoms with Gasteiger partial charge in [-0.05, 0) is 86.2 Å². The molecule has 1 aliphatic heterocycles. The summed E-state index contributed by atoms with van der Waals surface area (Å²) < 4.78 is 0. The summed E-state index contributed by atoms with van der Waals surface area (Å²) in [5.74, 6) is 3.49. The van der Waals surface area contributed by atoms with Gasteiger partial charge in [-0.15, -0.1) is 0 Å². The number of hydrogen-bond donors (Lipinski definition) is 5. The Morgan fingerprint density at radius 3 is 2.11 bits per heavy atom. The lowest BCUT2D eigenvalue weighted by Gasteiger charge is -2.22. The lowest BCUT2D eigenvalue weighted by atomic mass is 9.84. The number of unbranched alkanes of at least 4 members (excludes halogenated alkanes) is 2. The Hall–Kier alpha value is -0.720. The number of hydrogen-bond acceptors (Lipinski definition) is 5. The predicted octanol–water partition coefficient (Wildman–Crippen LogP) is 8.54. The van der Waals surface area contributed by atoms with E-state index in [4.69, 9.17) is 21.8 Å². The molecular weight excluding hydrogens is 514 g/mol. The van der Waals surface area contributed by atoms with Crippen LogP contribution in [0.5, 0.6) is 0 Å². The Kier molecular flexibility index (Phi) is 27.5. The molecule has 2 rings (SSSR count). The lowest BCUT2D eigenvalue weighted by molar-refractivity contribution is 0.227. The molecule has 0 aromatic carbocycles. The summed E-state index contributed by atoms with van der Waals surface area (Å²) >= 11 is 10.4. The first-order valence-electron chi connectivity index (χ1n) is 14.7. The zero-order chi connectivity index (χ0) is 29.3. The van der Waals surface area contributed by atoms with Gasteiger partial charge in [-0.2, -0.15) is 12.6 Å². The van der Waals surface area contributed by atoms with Crippen LogP contribution in [-0.4, -0.2) is 40.9 Å². The fourth-order valence-corrected chi connectivity index (χ4v) is 4.86. The van der Waals surface area contributed by atoms with E-state index in [1.807, 2.05) is 12.3 Å². The van der Waals surface area contributed by atoms with E-state index >= 15 is 0 Å². The summed E-state index contributed by atoms with van der Waals surface area (Å²) in [5, 5.41) is 29.8. The molecule has 0 radical (unpaired) electrons. The summed E-state index contributed by atoms with van der Waals surface area (Å²) in [6.45, 7) is 13.2. The first kappa shape index (κ1) is 39.4. The molecular formula is C32H60ClNO3S. The van der Waals surface area contributed by atoms with Gasteiger partial charge in [-0.25, -0.2) is 0 Å². The molecule has 2 aliphatic rings. The van der Waals surface area contributed by atoms with Crippen molar-refractivity contribution < 1.29 is 15.3 Å². The van der Waals surface area contributed by atoms with Crippen molar-refractivity contribution in [2.45, 2.75) is 118 Å². The summed E-state index contributed by atoms with van der Waals surface area (Å²) in [6.07, 6.45) is 20.1. The van der Waals surface area contributed by atoms with Crippen LogP contribution in [0.15, 0.2) is 46.3 Å². The van der Waals surface area contributed by atoms with Gasteiger partial charge in [0.1, 0.15) is 0 Å². The predicted molar refractivity (Wildman–Crippen MR) is 172 cm³/mol. The molecule has 4 nitrogen and oxygen atoms in total. The third-order valence-electron chi connectivity index (χ3n) is 7.02. The Balaban J connectivity index is 0. The second kappa shape index (κ2) is 26.5. The van der Waals surface area contributed by atoms with Crippen LogP contribution < -0.4 is 5.32 Å². The minimum Gasteiger partial charge on any atom is -0.400 e. The highest BCUT2D eigenvalue weighted by atomic mass is 35.5. The number of halogens is 1. The van der Waals surface area contributed by atoms with E-state index in [1.165, 1.54) is 50.5 Å². The van der Waals surface area contributed by atoms with Crippen molar-refractivity contribution in [1.82, 2.24) is 5.32 Å². The number of aliphatic hydroxyl groups excluding tert-OH is 3. The third-order valence-corrected chi connectivity index (χ3v) is 7.70. The molecule has 0 aromatic rings. The Labute approximate surface area is 246 Å². The van der Waals surface area contributed by atoms with Crippen molar-refractivity contribution in [3.63, 3.8) is 0 Å². The molecule has 1 saturated carbocycles. The SMILES string of the molecule is CC1CCCC(C)C1.CCC(C)\C1=C/C(CCCO)=C(Cl)\C=C\N/C=C(/C(C)O)C1.CCCCCS.CO. The molecule has 0 amide bonds. The normalized spacial score (nSPS) is 26.5. The highest BCUT2D eigenvalue weighted by Crippen LogP contribution is 2.29. The lowest BCUT2D eigenvalue weighted by Crippen LogP contribution is -2.12. The Morgan fingerprint density at radius 2 is 1.68 bits per heavy atom. The van der Waals surface area contributed by atoms with Crippen molar-refractivity contribution >= 4 is 24.2 Å². The molecule has 6 heteroatoms. The molecule has 0 spiro atoms. The second-order valence-corrected chi connectivity index (χ2v) is 11.5. The topological polar surface area (TPSA) is 72.7 Å². The van der Waals surface area contributed by atoms with E-state index in [2.05, 4.69) is 58.6 Å². The fourth-order valence-electron chi connectivity index (χ4n) is 4.42. The zero-order valence-corrected chi connectivity index (χ0v) is 27.1. The van der Waals surface area contributed by atoms with Gasteiger partial charge in [0.25, 0.3) is 0 Å². The molecule has 4 N–H and O–H groups in total. The van der Waals surface area contributed by atoms with E-state index in [0.717, 1.165) is 55.1 Å². The van der Waals surface area contributed by atoms with Crippen molar-refractivity contribution in [2.24, 2.45) is 17.8 Å². The average Bonchev–Trinajstić information content (AvgIpc) is 2.91.